The van der Waals surface area contributed by atoms with E-state index in [1.165, 1.54) is 5.56 Å². The number of hydrogen-bond acceptors (Lipinski definition) is 3. The minimum Gasteiger partial charge on any atom is -0.368 e. The first-order valence-corrected chi connectivity index (χ1v) is 7.39. The fourth-order valence-electron chi connectivity index (χ4n) is 2.86. The zero-order valence-electron chi connectivity index (χ0n) is 12.5. The molecule has 1 aliphatic heterocycles. The van der Waals surface area contributed by atoms with Crippen LogP contribution in [0.25, 0.3) is 0 Å². The number of primary amides is 1. The van der Waals surface area contributed by atoms with Gasteiger partial charge < -0.3 is 5.73 Å². The van der Waals surface area contributed by atoms with Crippen LogP contribution in [0.2, 0.25) is 0 Å². The van der Waals surface area contributed by atoms with Crippen molar-refractivity contribution in [3.63, 3.8) is 0 Å². The summed E-state index contributed by atoms with van der Waals surface area (Å²) in [5.41, 5.74) is 6.90. The zero-order chi connectivity index (χ0) is 14.5. The van der Waals surface area contributed by atoms with Crippen LogP contribution in [-0.4, -0.2) is 54.0 Å². The number of hydrogen-bond donors (Lipinski definition) is 1. The summed E-state index contributed by atoms with van der Waals surface area (Å²) in [4.78, 5) is 16.2. The third-order valence-corrected chi connectivity index (χ3v) is 4.06. The summed E-state index contributed by atoms with van der Waals surface area (Å²) in [5, 5.41) is 0. The van der Waals surface area contributed by atoms with Crippen molar-refractivity contribution < 1.29 is 4.79 Å². The highest BCUT2D eigenvalue weighted by Crippen LogP contribution is 2.14. The Morgan fingerprint density at radius 1 is 1.30 bits per heavy atom. The maximum atomic E-state index is 11.6. The van der Waals surface area contributed by atoms with E-state index in [4.69, 9.17) is 5.73 Å². The largest absolute Gasteiger partial charge is 0.368 e. The third-order valence-electron chi connectivity index (χ3n) is 4.06. The topological polar surface area (TPSA) is 49.6 Å². The van der Waals surface area contributed by atoms with Gasteiger partial charge in [-0.2, -0.15) is 0 Å². The van der Waals surface area contributed by atoms with E-state index in [-0.39, 0.29) is 11.9 Å². The maximum Gasteiger partial charge on any atom is 0.236 e. The molecule has 0 spiro atoms. The summed E-state index contributed by atoms with van der Waals surface area (Å²) < 4.78 is 0. The number of carbonyl (C=O) groups excluding carboxylic acids is 1. The van der Waals surface area contributed by atoms with Gasteiger partial charge >= 0.3 is 0 Å². The summed E-state index contributed by atoms with van der Waals surface area (Å²) in [6.45, 7) is 7.90. The van der Waals surface area contributed by atoms with Gasteiger partial charge in [0.15, 0.2) is 0 Å². The first-order valence-electron chi connectivity index (χ1n) is 7.39. The van der Waals surface area contributed by atoms with Gasteiger partial charge in [0.1, 0.15) is 6.04 Å². The molecule has 4 nitrogen and oxygen atoms in total. The number of rotatable bonds is 5. The van der Waals surface area contributed by atoms with Gasteiger partial charge in [-0.05, 0) is 25.8 Å². The zero-order valence-corrected chi connectivity index (χ0v) is 12.5. The van der Waals surface area contributed by atoms with Gasteiger partial charge in [-0.3, -0.25) is 14.6 Å². The Kier molecular flexibility index (Phi) is 5.15. The summed E-state index contributed by atoms with van der Waals surface area (Å²) in [5.74, 6) is -0.205. The molecule has 1 aromatic carbocycles. The number of nitrogens with two attached hydrogens (primary N) is 1. The molecule has 110 valence electrons. The fraction of sp³-hybridized carbons (Fsp3) is 0.562. The summed E-state index contributed by atoms with van der Waals surface area (Å²) >= 11 is 0. The SMILES string of the molecule is CC(C)N1CCN(CCc2ccccc2)C[C@@H]1C(N)=O. The minimum atomic E-state index is -0.205. The smallest absolute Gasteiger partial charge is 0.236 e. The van der Waals surface area contributed by atoms with E-state index in [0.29, 0.717) is 6.04 Å². The molecule has 0 bridgehead atoms. The van der Waals surface area contributed by atoms with Crippen LogP contribution in [0.3, 0.4) is 0 Å². The Morgan fingerprint density at radius 3 is 2.60 bits per heavy atom. The second kappa shape index (κ2) is 6.86. The molecule has 1 aromatic rings. The molecule has 0 aromatic heterocycles. The molecule has 2 rings (SSSR count). The number of carbonyl (C=O) groups is 1. The minimum absolute atomic E-state index is 0.153. The lowest BCUT2D eigenvalue weighted by Crippen LogP contribution is -2.60. The third kappa shape index (κ3) is 3.81. The van der Waals surface area contributed by atoms with Crippen molar-refractivity contribution >= 4 is 5.91 Å². The predicted molar refractivity (Wildman–Crippen MR) is 81.4 cm³/mol. The lowest BCUT2D eigenvalue weighted by molar-refractivity contribution is -0.126. The Labute approximate surface area is 121 Å². The van der Waals surface area contributed by atoms with E-state index < -0.39 is 0 Å². The van der Waals surface area contributed by atoms with E-state index in [0.717, 1.165) is 32.6 Å². The highest BCUT2D eigenvalue weighted by Gasteiger charge is 2.31. The van der Waals surface area contributed by atoms with Crippen molar-refractivity contribution in [2.24, 2.45) is 5.73 Å². The van der Waals surface area contributed by atoms with Crippen molar-refractivity contribution in [2.45, 2.75) is 32.4 Å². The normalized spacial score (nSPS) is 21.2. The van der Waals surface area contributed by atoms with Crippen LogP contribution in [0.15, 0.2) is 30.3 Å². The van der Waals surface area contributed by atoms with Crippen LogP contribution in [0.5, 0.6) is 0 Å². The highest BCUT2D eigenvalue weighted by atomic mass is 16.1. The molecule has 2 N–H and O–H groups in total. The molecule has 1 amide bonds. The predicted octanol–water partition coefficient (Wildman–Crippen LogP) is 1.11. The van der Waals surface area contributed by atoms with Gasteiger partial charge in [0.2, 0.25) is 5.91 Å². The Hall–Kier alpha value is -1.39. The molecule has 1 aliphatic rings. The number of benzene rings is 1. The quantitative estimate of drug-likeness (QED) is 0.876. The van der Waals surface area contributed by atoms with Gasteiger partial charge in [0, 0.05) is 32.2 Å². The average Bonchev–Trinajstić information content (AvgIpc) is 2.45. The molecule has 4 heteroatoms. The Balaban J connectivity index is 1.90. The van der Waals surface area contributed by atoms with Crippen molar-refractivity contribution in [1.82, 2.24) is 9.80 Å². The van der Waals surface area contributed by atoms with Gasteiger partial charge in [0.25, 0.3) is 0 Å². The molecule has 0 unspecified atom stereocenters. The van der Waals surface area contributed by atoms with Crippen LogP contribution >= 0.6 is 0 Å². The Bertz CT molecular complexity index is 433. The summed E-state index contributed by atoms with van der Waals surface area (Å²) in [6.07, 6.45) is 1.02. The first-order chi connectivity index (χ1) is 9.58. The molecule has 1 saturated heterocycles. The molecule has 0 saturated carbocycles. The van der Waals surface area contributed by atoms with Crippen molar-refractivity contribution in [1.29, 1.82) is 0 Å². The standard InChI is InChI=1S/C16H25N3O/c1-13(2)19-11-10-18(12-15(19)16(17)20)9-8-14-6-4-3-5-7-14/h3-7,13,15H,8-12H2,1-2H3,(H2,17,20)/t15-/m1/s1. The number of nitrogens with zero attached hydrogens (tertiary/aromatic N) is 2. The van der Waals surface area contributed by atoms with Crippen LogP contribution in [0.1, 0.15) is 19.4 Å². The molecule has 20 heavy (non-hydrogen) atoms. The Morgan fingerprint density at radius 2 is 2.00 bits per heavy atom. The van der Waals surface area contributed by atoms with Crippen molar-refractivity contribution in [3.05, 3.63) is 35.9 Å². The molecule has 1 atom stereocenters. The summed E-state index contributed by atoms with van der Waals surface area (Å²) in [7, 11) is 0. The van der Waals surface area contributed by atoms with Crippen LogP contribution in [-0.2, 0) is 11.2 Å². The second-order valence-electron chi connectivity index (χ2n) is 5.79. The lowest BCUT2D eigenvalue weighted by Gasteiger charge is -2.42. The van der Waals surface area contributed by atoms with E-state index in [2.05, 4.69) is 47.9 Å². The van der Waals surface area contributed by atoms with E-state index in [1.807, 2.05) is 6.07 Å². The first kappa shape index (κ1) is 15.0. The molecule has 1 heterocycles. The number of amides is 1. The highest BCUT2D eigenvalue weighted by molar-refractivity contribution is 5.80. The van der Waals surface area contributed by atoms with E-state index >= 15 is 0 Å². The lowest BCUT2D eigenvalue weighted by atomic mass is 10.1. The fourth-order valence-corrected chi connectivity index (χ4v) is 2.86. The van der Waals surface area contributed by atoms with Gasteiger partial charge in [-0.25, -0.2) is 0 Å². The molecule has 0 radical (unpaired) electrons. The van der Waals surface area contributed by atoms with Crippen LogP contribution in [0.4, 0.5) is 0 Å². The van der Waals surface area contributed by atoms with Crippen molar-refractivity contribution in [2.75, 3.05) is 26.2 Å². The van der Waals surface area contributed by atoms with Gasteiger partial charge in [0.05, 0.1) is 0 Å². The molecule has 0 aliphatic carbocycles. The molecular formula is C16H25N3O. The summed E-state index contributed by atoms with van der Waals surface area (Å²) in [6, 6.07) is 10.7. The van der Waals surface area contributed by atoms with E-state index in [1.54, 1.807) is 0 Å². The molecule has 1 fully saturated rings. The van der Waals surface area contributed by atoms with Gasteiger partial charge in [-0.15, -0.1) is 0 Å². The van der Waals surface area contributed by atoms with Crippen LogP contribution in [0, 0.1) is 0 Å². The van der Waals surface area contributed by atoms with E-state index in [9.17, 15) is 4.79 Å². The van der Waals surface area contributed by atoms with Gasteiger partial charge in [-0.1, -0.05) is 30.3 Å². The maximum absolute atomic E-state index is 11.6. The van der Waals surface area contributed by atoms with Crippen LogP contribution < -0.4 is 5.73 Å². The molecular weight excluding hydrogens is 250 g/mol. The van der Waals surface area contributed by atoms with Crippen molar-refractivity contribution in [3.8, 4) is 0 Å². The second-order valence-corrected chi connectivity index (χ2v) is 5.79. The number of piperazine rings is 1. The monoisotopic (exact) mass is 275 g/mol. The average molecular weight is 275 g/mol.